The summed E-state index contributed by atoms with van der Waals surface area (Å²) < 4.78 is 22.6. The second-order valence-electron chi connectivity index (χ2n) is 5.75. The molecule has 28 heavy (non-hydrogen) atoms. The monoisotopic (exact) mass is 458 g/mol. The second kappa shape index (κ2) is 7.28. The van der Waals surface area contributed by atoms with Crippen molar-refractivity contribution in [3.63, 3.8) is 0 Å². The Kier molecular flexibility index (Phi) is 4.49. The third kappa shape index (κ3) is 3.48. The van der Waals surface area contributed by atoms with Gasteiger partial charge in [0.05, 0.1) is 5.75 Å². The largest absolute Gasteiger partial charge is 0.454 e. The van der Waals surface area contributed by atoms with E-state index in [9.17, 15) is 0 Å². The fourth-order valence-corrected chi connectivity index (χ4v) is 3.60. The van der Waals surface area contributed by atoms with Crippen LogP contribution in [0.25, 0.3) is 22.8 Å². The first-order valence-electron chi connectivity index (χ1n) is 8.19. The molecule has 5 rings (SSSR count). The van der Waals surface area contributed by atoms with E-state index >= 15 is 0 Å². The van der Waals surface area contributed by atoms with E-state index in [4.69, 9.17) is 18.4 Å². The van der Waals surface area contributed by atoms with Gasteiger partial charge in [0, 0.05) is 15.6 Å². The quantitative estimate of drug-likeness (QED) is 0.398. The lowest BCUT2D eigenvalue weighted by Gasteiger charge is -1.97. The van der Waals surface area contributed by atoms with E-state index in [0.717, 1.165) is 15.6 Å². The molecule has 0 atom stereocenters. The summed E-state index contributed by atoms with van der Waals surface area (Å²) in [7, 11) is 0. The van der Waals surface area contributed by atoms with E-state index in [2.05, 4.69) is 36.3 Å². The molecule has 8 nitrogen and oxygen atoms in total. The number of hydrogen-bond acceptors (Lipinski definition) is 9. The van der Waals surface area contributed by atoms with Gasteiger partial charge in [-0.1, -0.05) is 45.0 Å². The number of aromatic nitrogens is 4. The van der Waals surface area contributed by atoms with Crippen molar-refractivity contribution in [1.29, 1.82) is 0 Å². The highest BCUT2D eigenvalue weighted by Crippen LogP contribution is 2.36. The Balaban J connectivity index is 1.27. The van der Waals surface area contributed by atoms with Crippen LogP contribution in [0.5, 0.6) is 11.5 Å². The highest BCUT2D eigenvalue weighted by Gasteiger charge is 2.17. The molecule has 0 saturated heterocycles. The molecular formula is C18H11BrN4O4S. The van der Waals surface area contributed by atoms with Gasteiger partial charge in [-0.15, -0.1) is 10.2 Å². The Hall–Kier alpha value is -2.85. The number of thioether (sulfide) groups is 1. The molecule has 0 amide bonds. The predicted molar refractivity (Wildman–Crippen MR) is 103 cm³/mol. The SMILES string of the molecule is Brc1cccc(-c2noc(CSc3nnc(-c4ccc5c(c4)OCO5)o3)n2)c1. The first-order valence-corrected chi connectivity index (χ1v) is 9.97. The summed E-state index contributed by atoms with van der Waals surface area (Å²) in [5.74, 6) is 3.20. The third-order valence-corrected chi connectivity index (χ3v) is 5.19. The first kappa shape index (κ1) is 17.3. The van der Waals surface area contributed by atoms with Crippen LogP contribution in [-0.2, 0) is 5.75 Å². The van der Waals surface area contributed by atoms with E-state index in [0.29, 0.717) is 40.1 Å². The molecule has 10 heteroatoms. The molecule has 140 valence electrons. The lowest BCUT2D eigenvalue weighted by atomic mass is 10.2. The van der Waals surface area contributed by atoms with Crippen molar-refractivity contribution in [3.05, 3.63) is 52.8 Å². The molecule has 0 radical (unpaired) electrons. The summed E-state index contributed by atoms with van der Waals surface area (Å²) in [4.78, 5) is 4.40. The standard InChI is InChI=1S/C18H11BrN4O4S/c19-12-3-1-2-10(6-12)16-20-15(27-23-16)8-28-18-22-21-17(26-18)11-4-5-13-14(7-11)25-9-24-13/h1-7H,8-9H2. The minimum absolute atomic E-state index is 0.218. The molecule has 4 aromatic rings. The molecule has 3 heterocycles. The number of ether oxygens (including phenoxy) is 2. The van der Waals surface area contributed by atoms with E-state index in [-0.39, 0.29) is 6.79 Å². The minimum Gasteiger partial charge on any atom is -0.454 e. The van der Waals surface area contributed by atoms with Gasteiger partial charge in [-0.2, -0.15) is 4.98 Å². The summed E-state index contributed by atoms with van der Waals surface area (Å²) in [5, 5.41) is 12.6. The Bertz CT molecular complexity index is 1150. The van der Waals surface area contributed by atoms with Crippen molar-refractivity contribution in [1.82, 2.24) is 20.3 Å². The van der Waals surface area contributed by atoms with Gasteiger partial charge in [0.25, 0.3) is 5.22 Å². The van der Waals surface area contributed by atoms with Gasteiger partial charge in [-0.05, 0) is 30.3 Å². The van der Waals surface area contributed by atoms with E-state index < -0.39 is 0 Å². The van der Waals surface area contributed by atoms with Gasteiger partial charge in [-0.25, -0.2) is 0 Å². The number of fused-ring (bicyclic) bond motifs is 1. The zero-order valence-corrected chi connectivity index (χ0v) is 16.6. The highest BCUT2D eigenvalue weighted by atomic mass is 79.9. The molecule has 0 aliphatic carbocycles. The van der Waals surface area contributed by atoms with Crippen LogP contribution in [0, 0.1) is 0 Å². The van der Waals surface area contributed by atoms with Crippen LogP contribution in [0.1, 0.15) is 5.89 Å². The zero-order chi connectivity index (χ0) is 18.9. The maximum atomic E-state index is 5.71. The Morgan fingerprint density at radius 2 is 1.93 bits per heavy atom. The van der Waals surface area contributed by atoms with Crippen LogP contribution in [0.3, 0.4) is 0 Å². The number of nitrogens with zero attached hydrogens (tertiary/aromatic N) is 4. The van der Waals surface area contributed by atoms with Crippen molar-refractivity contribution in [3.8, 4) is 34.3 Å². The van der Waals surface area contributed by atoms with Crippen molar-refractivity contribution in [2.75, 3.05) is 6.79 Å². The van der Waals surface area contributed by atoms with Crippen molar-refractivity contribution in [2.45, 2.75) is 11.0 Å². The van der Waals surface area contributed by atoms with Crippen LogP contribution in [-0.4, -0.2) is 27.1 Å². The van der Waals surface area contributed by atoms with Crippen molar-refractivity contribution < 1.29 is 18.4 Å². The first-order chi connectivity index (χ1) is 13.7. The molecule has 2 aromatic heterocycles. The van der Waals surface area contributed by atoms with Crippen LogP contribution in [0.15, 0.2) is 61.1 Å². The Morgan fingerprint density at radius 1 is 1.00 bits per heavy atom. The van der Waals surface area contributed by atoms with Crippen LogP contribution in [0.4, 0.5) is 0 Å². The molecule has 0 N–H and O–H groups in total. The summed E-state index contributed by atoms with van der Waals surface area (Å²) in [5.41, 5.74) is 1.63. The summed E-state index contributed by atoms with van der Waals surface area (Å²) in [6.45, 7) is 0.218. The van der Waals surface area contributed by atoms with Crippen molar-refractivity contribution in [2.24, 2.45) is 0 Å². The van der Waals surface area contributed by atoms with E-state index in [1.54, 1.807) is 0 Å². The Morgan fingerprint density at radius 3 is 2.86 bits per heavy atom. The van der Waals surface area contributed by atoms with Gasteiger partial charge in [0.2, 0.25) is 24.4 Å². The molecule has 2 aromatic carbocycles. The van der Waals surface area contributed by atoms with E-state index in [1.807, 2.05) is 42.5 Å². The van der Waals surface area contributed by atoms with Crippen LogP contribution >= 0.6 is 27.7 Å². The number of halogens is 1. The van der Waals surface area contributed by atoms with Gasteiger partial charge in [-0.3, -0.25) is 0 Å². The van der Waals surface area contributed by atoms with Crippen LogP contribution < -0.4 is 9.47 Å². The zero-order valence-electron chi connectivity index (χ0n) is 14.2. The molecule has 0 unspecified atom stereocenters. The number of benzene rings is 2. The fourth-order valence-electron chi connectivity index (χ4n) is 2.60. The lowest BCUT2D eigenvalue weighted by Crippen LogP contribution is -1.92. The topological polar surface area (TPSA) is 96.3 Å². The van der Waals surface area contributed by atoms with Gasteiger partial charge >= 0.3 is 0 Å². The normalized spacial score (nSPS) is 12.5. The maximum absolute atomic E-state index is 5.71. The molecule has 0 bridgehead atoms. The summed E-state index contributed by atoms with van der Waals surface area (Å²) in [6.07, 6.45) is 0. The van der Waals surface area contributed by atoms with Crippen LogP contribution in [0.2, 0.25) is 0 Å². The molecule has 0 saturated carbocycles. The predicted octanol–water partition coefficient (Wildman–Crippen LogP) is 4.57. The number of rotatable bonds is 5. The molecule has 0 spiro atoms. The van der Waals surface area contributed by atoms with Gasteiger partial charge < -0.3 is 18.4 Å². The van der Waals surface area contributed by atoms with E-state index in [1.165, 1.54) is 11.8 Å². The summed E-state index contributed by atoms with van der Waals surface area (Å²) >= 11 is 4.76. The second-order valence-corrected chi connectivity index (χ2v) is 7.59. The average Bonchev–Trinajstić information content (AvgIpc) is 3.45. The Labute approximate surface area is 171 Å². The van der Waals surface area contributed by atoms with Gasteiger partial charge in [0.1, 0.15) is 0 Å². The number of hydrogen-bond donors (Lipinski definition) is 0. The fraction of sp³-hybridized carbons (Fsp3) is 0.111. The molecule has 1 aliphatic rings. The molecular weight excluding hydrogens is 448 g/mol. The lowest BCUT2D eigenvalue weighted by molar-refractivity contribution is 0.174. The highest BCUT2D eigenvalue weighted by molar-refractivity contribution is 9.10. The van der Waals surface area contributed by atoms with Crippen molar-refractivity contribution >= 4 is 27.7 Å². The average molecular weight is 459 g/mol. The minimum atomic E-state index is 0.218. The smallest absolute Gasteiger partial charge is 0.277 e. The third-order valence-electron chi connectivity index (χ3n) is 3.90. The molecule has 0 fully saturated rings. The maximum Gasteiger partial charge on any atom is 0.277 e. The molecule has 1 aliphatic heterocycles. The summed E-state index contributed by atoms with van der Waals surface area (Å²) in [6, 6.07) is 13.2. The van der Waals surface area contributed by atoms with Gasteiger partial charge in [0.15, 0.2) is 11.5 Å².